The van der Waals surface area contributed by atoms with E-state index in [9.17, 15) is 0 Å². The fraction of sp³-hybridized carbons (Fsp3) is 1.00. The summed E-state index contributed by atoms with van der Waals surface area (Å²) in [5.74, 6) is 2.79. The molecule has 0 heterocycles. The molecule has 1 saturated carbocycles. The van der Waals surface area contributed by atoms with Gasteiger partial charge < -0.3 is 11.5 Å². The Balaban J connectivity index is 2.24. The van der Waals surface area contributed by atoms with Gasteiger partial charge in [0, 0.05) is 17.3 Å². The Bertz CT molecular complexity index is 254. The first kappa shape index (κ1) is 19.3. The van der Waals surface area contributed by atoms with E-state index in [0.29, 0.717) is 11.2 Å². The maximum absolute atomic E-state index is 6.39. The Morgan fingerprint density at radius 3 is 2.33 bits per heavy atom. The van der Waals surface area contributed by atoms with Gasteiger partial charge in [-0.05, 0) is 36.9 Å². The van der Waals surface area contributed by atoms with E-state index in [1.54, 1.807) is 0 Å². The van der Waals surface area contributed by atoms with Crippen LogP contribution in [0, 0.1) is 11.8 Å². The summed E-state index contributed by atoms with van der Waals surface area (Å²) in [5, 5.41) is 0.699. The molecule has 0 amide bonds. The van der Waals surface area contributed by atoms with Gasteiger partial charge in [0.25, 0.3) is 0 Å². The lowest BCUT2D eigenvalue weighted by Gasteiger charge is -2.30. The maximum Gasteiger partial charge on any atom is 0.0195 e. The largest absolute Gasteiger partial charge is 0.326 e. The van der Waals surface area contributed by atoms with Crippen LogP contribution in [0.3, 0.4) is 0 Å². The summed E-state index contributed by atoms with van der Waals surface area (Å²) in [6.45, 7) is 6.95. The highest BCUT2D eigenvalue weighted by molar-refractivity contribution is 7.99. The minimum absolute atomic E-state index is 0.177. The van der Waals surface area contributed by atoms with Crippen LogP contribution in [0.25, 0.3) is 0 Å². The number of hydrogen-bond donors (Lipinski definition) is 2. The fourth-order valence-corrected chi connectivity index (χ4v) is 4.62. The van der Waals surface area contributed by atoms with E-state index in [0.717, 1.165) is 18.8 Å². The highest BCUT2D eigenvalue weighted by atomic mass is 32.2. The number of hydrogen-bond acceptors (Lipinski definition) is 3. The maximum atomic E-state index is 6.39. The van der Waals surface area contributed by atoms with Crippen molar-refractivity contribution in [1.82, 2.24) is 0 Å². The van der Waals surface area contributed by atoms with Crippen LogP contribution in [0.4, 0.5) is 0 Å². The molecule has 0 aromatic heterocycles. The van der Waals surface area contributed by atoms with Crippen molar-refractivity contribution in [3.05, 3.63) is 0 Å². The Morgan fingerprint density at radius 2 is 1.71 bits per heavy atom. The number of unbranched alkanes of at least 4 members (excludes halogenated alkanes) is 1. The second-order valence-corrected chi connectivity index (χ2v) is 8.70. The Labute approximate surface area is 137 Å². The summed E-state index contributed by atoms with van der Waals surface area (Å²) in [6.07, 6.45) is 11.8. The van der Waals surface area contributed by atoms with Gasteiger partial charge in [-0.15, -0.1) is 0 Å². The van der Waals surface area contributed by atoms with Crippen molar-refractivity contribution in [2.45, 2.75) is 95.9 Å². The Morgan fingerprint density at radius 1 is 1.05 bits per heavy atom. The molecule has 1 rings (SSSR count). The monoisotopic (exact) mass is 314 g/mol. The van der Waals surface area contributed by atoms with Crippen LogP contribution in [0.1, 0.15) is 78.6 Å². The molecule has 1 aliphatic carbocycles. The number of thioether (sulfide) groups is 1. The molecular formula is C18H38N2S. The first-order valence-corrected chi connectivity index (χ1v) is 10.2. The van der Waals surface area contributed by atoms with Crippen molar-refractivity contribution in [2.75, 3.05) is 5.75 Å². The molecule has 2 nitrogen and oxygen atoms in total. The van der Waals surface area contributed by atoms with Gasteiger partial charge in [0.1, 0.15) is 0 Å². The van der Waals surface area contributed by atoms with Crippen molar-refractivity contribution in [3.8, 4) is 0 Å². The third kappa shape index (κ3) is 7.90. The first-order chi connectivity index (χ1) is 10.0. The highest BCUT2D eigenvalue weighted by Gasteiger charge is 2.23. The van der Waals surface area contributed by atoms with Crippen LogP contribution in [0.2, 0.25) is 0 Å². The SMILES string of the molecule is CCCCSC(C)C(C)CC(N)C(N)CC1CCCCC1. The van der Waals surface area contributed by atoms with E-state index in [-0.39, 0.29) is 12.1 Å². The van der Waals surface area contributed by atoms with Crippen LogP contribution in [-0.4, -0.2) is 23.1 Å². The normalized spacial score (nSPS) is 22.7. The zero-order chi connectivity index (χ0) is 15.7. The first-order valence-electron chi connectivity index (χ1n) is 9.17. The lowest BCUT2D eigenvalue weighted by atomic mass is 9.82. The smallest absolute Gasteiger partial charge is 0.0195 e. The molecule has 1 aliphatic rings. The van der Waals surface area contributed by atoms with Gasteiger partial charge in [-0.25, -0.2) is 0 Å². The molecule has 0 aromatic rings. The second-order valence-electron chi connectivity index (χ2n) is 7.21. The molecule has 126 valence electrons. The van der Waals surface area contributed by atoms with E-state index in [2.05, 4.69) is 32.5 Å². The minimum atomic E-state index is 0.177. The van der Waals surface area contributed by atoms with Crippen molar-refractivity contribution in [1.29, 1.82) is 0 Å². The molecule has 0 radical (unpaired) electrons. The van der Waals surface area contributed by atoms with Crippen LogP contribution < -0.4 is 11.5 Å². The summed E-state index contributed by atoms with van der Waals surface area (Å²) in [6, 6.07) is 0.375. The molecule has 3 heteroatoms. The minimum Gasteiger partial charge on any atom is -0.326 e. The lowest BCUT2D eigenvalue weighted by molar-refractivity contribution is 0.290. The third-order valence-electron chi connectivity index (χ3n) is 5.20. The summed E-state index contributed by atoms with van der Waals surface area (Å²) >= 11 is 2.10. The molecule has 0 aliphatic heterocycles. The topological polar surface area (TPSA) is 52.0 Å². The van der Waals surface area contributed by atoms with Crippen molar-refractivity contribution >= 4 is 11.8 Å². The van der Waals surface area contributed by atoms with E-state index in [1.807, 2.05) is 0 Å². The summed E-state index contributed by atoms with van der Waals surface area (Å²) in [7, 11) is 0. The van der Waals surface area contributed by atoms with Crippen molar-refractivity contribution < 1.29 is 0 Å². The molecular weight excluding hydrogens is 276 g/mol. The van der Waals surface area contributed by atoms with Gasteiger partial charge in [0.2, 0.25) is 0 Å². The standard InChI is InChI=1S/C18H38N2S/c1-4-5-11-21-15(3)14(2)12-17(19)18(20)13-16-9-7-6-8-10-16/h14-18H,4-13,19-20H2,1-3H3. The predicted octanol–water partition coefficient (Wildman–Crippen LogP) is 4.56. The average molecular weight is 315 g/mol. The Hall–Kier alpha value is 0.270. The molecule has 21 heavy (non-hydrogen) atoms. The van der Waals surface area contributed by atoms with Gasteiger partial charge >= 0.3 is 0 Å². The number of nitrogens with two attached hydrogens (primary N) is 2. The molecule has 4 N–H and O–H groups in total. The van der Waals surface area contributed by atoms with Crippen LogP contribution in [0.5, 0.6) is 0 Å². The fourth-order valence-electron chi connectivity index (χ4n) is 3.36. The summed E-state index contributed by atoms with van der Waals surface area (Å²) < 4.78 is 0. The third-order valence-corrected chi connectivity index (χ3v) is 6.72. The van der Waals surface area contributed by atoms with Gasteiger partial charge in [0.05, 0.1) is 0 Å². The molecule has 0 saturated heterocycles. The second kappa shape index (κ2) is 10.9. The predicted molar refractivity (Wildman–Crippen MR) is 97.8 cm³/mol. The van der Waals surface area contributed by atoms with Crippen LogP contribution >= 0.6 is 11.8 Å². The van der Waals surface area contributed by atoms with Crippen molar-refractivity contribution in [2.24, 2.45) is 23.3 Å². The summed E-state index contributed by atoms with van der Waals surface area (Å²) in [4.78, 5) is 0. The van der Waals surface area contributed by atoms with Gasteiger partial charge in [0.15, 0.2) is 0 Å². The molecule has 0 bridgehead atoms. The van der Waals surface area contributed by atoms with Crippen LogP contribution in [-0.2, 0) is 0 Å². The Kier molecular flexibility index (Phi) is 10.0. The van der Waals surface area contributed by atoms with E-state index < -0.39 is 0 Å². The van der Waals surface area contributed by atoms with Crippen LogP contribution in [0.15, 0.2) is 0 Å². The zero-order valence-electron chi connectivity index (χ0n) is 14.5. The van der Waals surface area contributed by atoms with Gasteiger partial charge in [-0.1, -0.05) is 59.3 Å². The molecule has 1 fully saturated rings. The zero-order valence-corrected chi connectivity index (χ0v) is 15.3. The lowest BCUT2D eigenvalue weighted by Crippen LogP contribution is -2.44. The van der Waals surface area contributed by atoms with Gasteiger partial charge in [-0.2, -0.15) is 11.8 Å². The van der Waals surface area contributed by atoms with Gasteiger partial charge in [-0.3, -0.25) is 0 Å². The van der Waals surface area contributed by atoms with E-state index >= 15 is 0 Å². The average Bonchev–Trinajstić information content (AvgIpc) is 2.48. The summed E-state index contributed by atoms with van der Waals surface area (Å²) in [5.41, 5.74) is 12.8. The van der Waals surface area contributed by atoms with Crippen molar-refractivity contribution in [3.63, 3.8) is 0 Å². The van der Waals surface area contributed by atoms with E-state index in [1.165, 1.54) is 50.7 Å². The quantitative estimate of drug-likeness (QED) is 0.581. The highest BCUT2D eigenvalue weighted by Crippen LogP contribution is 2.29. The molecule has 4 unspecified atom stereocenters. The molecule has 0 aromatic carbocycles. The van der Waals surface area contributed by atoms with E-state index in [4.69, 9.17) is 11.5 Å². The molecule has 0 spiro atoms. The molecule has 4 atom stereocenters. The number of rotatable bonds is 10.